The average molecular weight is 618 g/mol. The monoisotopic (exact) mass is 617 g/mol. The van der Waals surface area contributed by atoms with Crippen LogP contribution in [-0.4, -0.2) is 78.4 Å². The minimum Gasteiger partial charge on any atom is -0.382 e. The molecule has 0 aromatic heterocycles. The van der Waals surface area contributed by atoms with E-state index in [1.165, 1.54) is 0 Å². The van der Waals surface area contributed by atoms with Crippen LogP contribution < -0.4 is 21.7 Å². The first-order chi connectivity index (χ1) is 20.5. The molecule has 1 saturated heterocycles. The molecular weight excluding hydrogens is 562 g/mol. The zero-order valence-corrected chi connectivity index (χ0v) is 27.8. The van der Waals surface area contributed by atoms with Gasteiger partial charge in [-0.15, -0.1) is 0 Å². The van der Waals surface area contributed by atoms with Gasteiger partial charge in [0.15, 0.2) is 0 Å². The van der Waals surface area contributed by atoms with Crippen molar-refractivity contribution in [3.8, 4) is 0 Å². The Morgan fingerprint density at radius 1 is 1.02 bits per heavy atom. The molecule has 6 atom stereocenters. The number of rotatable bonds is 14. The number of ketones is 1. The van der Waals surface area contributed by atoms with Gasteiger partial charge in [0, 0.05) is 13.7 Å². The Morgan fingerprint density at radius 2 is 1.66 bits per heavy atom. The summed E-state index contributed by atoms with van der Waals surface area (Å²) in [6.45, 7) is 13.1. The van der Waals surface area contributed by atoms with Gasteiger partial charge in [0.1, 0.15) is 12.1 Å². The van der Waals surface area contributed by atoms with Crippen molar-refractivity contribution in [2.24, 2.45) is 40.2 Å². The summed E-state index contributed by atoms with van der Waals surface area (Å²) in [6, 6.07) is -3.07. The van der Waals surface area contributed by atoms with Gasteiger partial charge in [-0.3, -0.25) is 19.2 Å². The first-order valence-electron chi connectivity index (χ1n) is 16.5. The maximum atomic E-state index is 14.6. The van der Waals surface area contributed by atoms with Crippen LogP contribution in [0, 0.1) is 34.5 Å². The molecule has 1 aliphatic heterocycles. The molecule has 4 aliphatic rings. The Labute approximate surface area is 262 Å². The Morgan fingerprint density at radius 3 is 2.20 bits per heavy atom. The standard InChI is InChI=1S/C33H55N5O6/c1-19(2)16-33(6,18-44-7)37-30(43)36-26(32(5)13-9-8-10-14-32)29(42)38-17-21-23(31(21,3)4)24(38)28(41)35-22(15-20-11-12-20)25(39)27(34)40/h19-24,26H,8-18H2,1-7H3,(H2,34,40)(H,35,41)(H2,36,37,43)/t21-,22?,23-,24-,26+,33+/m0/s1. The first kappa shape index (κ1) is 34.2. The highest BCUT2D eigenvalue weighted by Gasteiger charge is 2.70. The van der Waals surface area contributed by atoms with Crippen molar-refractivity contribution in [2.75, 3.05) is 20.3 Å². The summed E-state index contributed by atoms with van der Waals surface area (Å²) in [5.41, 5.74) is 4.07. The molecular formula is C33H55N5O6. The van der Waals surface area contributed by atoms with Crippen molar-refractivity contribution < 1.29 is 28.7 Å². The molecule has 1 heterocycles. The van der Waals surface area contributed by atoms with Gasteiger partial charge in [-0.2, -0.15) is 0 Å². The Bertz CT molecular complexity index is 1130. The van der Waals surface area contributed by atoms with E-state index in [0.717, 1.165) is 44.9 Å². The smallest absolute Gasteiger partial charge is 0.315 e. The van der Waals surface area contributed by atoms with E-state index in [1.807, 2.05) is 6.92 Å². The van der Waals surface area contributed by atoms with Gasteiger partial charge in [0.2, 0.25) is 17.6 Å². The molecule has 0 aromatic carbocycles. The molecule has 0 bridgehead atoms. The van der Waals surface area contributed by atoms with Crippen molar-refractivity contribution in [2.45, 2.75) is 123 Å². The number of ether oxygens (including phenoxy) is 1. The Hall–Kier alpha value is -2.69. The molecule has 1 unspecified atom stereocenters. The van der Waals surface area contributed by atoms with E-state index in [9.17, 15) is 24.0 Å². The Balaban J connectivity index is 1.59. The second-order valence-electron chi connectivity index (χ2n) is 15.7. The molecule has 11 nitrogen and oxygen atoms in total. The van der Waals surface area contributed by atoms with Gasteiger partial charge in [0.05, 0.1) is 18.2 Å². The summed E-state index contributed by atoms with van der Waals surface area (Å²) in [6.07, 6.45) is 7.50. The summed E-state index contributed by atoms with van der Waals surface area (Å²) in [4.78, 5) is 68.3. The molecule has 44 heavy (non-hydrogen) atoms. The number of likely N-dealkylation sites (tertiary alicyclic amines) is 1. The van der Waals surface area contributed by atoms with Gasteiger partial charge >= 0.3 is 6.03 Å². The highest BCUT2D eigenvalue weighted by Crippen LogP contribution is 2.65. The predicted molar refractivity (Wildman–Crippen MR) is 166 cm³/mol. The van der Waals surface area contributed by atoms with Crippen molar-refractivity contribution >= 4 is 29.5 Å². The summed E-state index contributed by atoms with van der Waals surface area (Å²) >= 11 is 0. The van der Waals surface area contributed by atoms with Crippen LogP contribution in [0.1, 0.15) is 99.3 Å². The van der Waals surface area contributed by atoms with Gasteiger partial charge < -0.3 is 31.3 Å². The average Bonchev–Trinajstić information content (AvgIpc) is 3.77. The number of nitrogens with zero attached hydrogens (tertiary/aromatic N) is 1. The van der Waals surface area contributed by atoms with E-state index in [2.05, 4.69) is 50.6 Å². The third-order valence-corrected chi connectivity index (χ3v) is 10.9. The topological polar surface area (TPSA) is 160 Å². The van der Waals surface area contributed by atoms with Crippen LogP contribution in [0.4, 0.5) is 4.79 Å². The summed E-state index contributed by atoms with van der Waals surface area (Å²) in [5.74, 6) is -1.96. The van der Waals surface area contributed by atoms with Crippen LogP contribution in [-0.2, 0) is 23.9 Å². The lowest BCUT2D eigenvalue weighted by Gasteiger charge is -2.43. The molecule has 3 aliphatic carbocycles. The van der Waals surface area contributed by atoms with Crippen LogP contribution in [0.5, 0.6) is 0 Å². The van der Waals surface area contributed by atoms with Crippen LogP contribution in [0.25, 0.3) is 0 Å². The Kier molecular flexibility index (Phi) is 10.1. The van der Waals surface area contributed by atoms with E-state index in [0.29, 0.717) is 31.9 Å². The maximum absolute atomic E-state index is 14.6. The molecule has 11 heteroatoms. The minimum absolute atomic E-state index is 0.0821. The fourth-order valence-corrected chi connectivity index (χ4v) is 8.32. The summed E-state index contributed by atoms with van der Waals surface area (Å²) < 4.78 is 5.43. The number of urea groups is 1. The quantitative estimate of drug-likeness (QED) is 0.219. The number of piperidine rings is 1. The zero-order valence-electron chi connectivity index (χ0n) is 27.8. The molecule has 3 saturated carbocycles. The predicted octanol–water partition coefficient (Wildman–Crippen LogP) is 2.90. The third-order valence-electron chi connectivity index (χ3n) is 10.9. The highest BCUT2D eigenvalue weighted by molar-refractivity contribution is 6.37. The van der Waals surface area contributed by atoms with E-state index < -0.39 is 52.7 Å². The number of nitrogens with one attached hydrogen (secondary N) is 3. The van der Waals surface area contributed by atoms with E-state index >= 15 is 0 Å². The largest absolute Gasteiger partial charge is 0.382 e. The fraction of sp³-hybridized carbons (Fsp3) is 0.848. The number of primary amides is 1. The summed E-state index contributed by atoms with van der Waals surface area (Å²) in [7, 11) is 1.60. The molecule has 0 radical (unpaired) electrons. The van der Waals surface area contributed by atoms with Gasteiger partial charge in [0.25, 0.3) is 5.91 Å². The molecule has 5 amide bonds. The lowest BCUT2D eigenvalue weighted by Crippen LogP contribution is -2.64. The van der Waals surface area contributed by atoms with Gasteiger partial charge in [-0.1, -0.05) is 66.7 Å². The third kappa shape index (κ3) is 7.40. The maximum Gasteiger partial charge on any atom is 0.315 e. The lowest BCUT2D eigenvalue weighted by molar-refractivity contribution is -0.146. The second-order valence-corrected chi connectivity index (χ2v) is 15.7. The normalized spacial score (nSPS) is 27.8. The molecule has 5 N–H and O–H groups in total. The van der Waals surface area contributed by atoms with Crippen molar-refractivity contribution in [3.05, 3.63) is 0 Å². The van der Waals surface area contributed by atoms with Gasteiger partial charge in [-0.05, 0) is 67.1 Å². The van der Waals surface area contributed by atoms with Crippen LogP contribution in [0.15, 0.2) is 0 Å². The molecule has 0 spiro atoms. The number of amides is 5. The number of fused-ring (bicyclic) bond motifs is 1. The van der Waals surface area contributed by atoms with E-state index in [-0.39, 0.29) is 29.1 Å². The SMILES string of the molecule is COC[C@@](C)(CC(C)C)NC(=O)N[C@H](C(=O)N1C[C@H]2[C@@H]([C@H]1C(=O)NC(CC1CC1)C(=O)C(N)=O)C2(C)C)C1(C)CCCCC1. The molecule has 4 fully saturated rings. The zero-order chi connectivity index (χ0) is 32.6. The number of carbonyl (C=O) groups is 5. The van der Waals surface area contributed by atoms with Gasteiger partial charge in [-0.25, -0.2) is 4.79 Å². The number of methoxy groups -OCH3 is 1. The lowest BCUT2D eigenvalue weighted by atomic mass is 9.70. The van der Waals surface area contributed by atoms with Crippen molar-refractivity contribution in [1.82, 2.24) is 20.9 Å². The fourth-order valence-electron chi connectivity index (χ4n) is 8.32. The molecule has 248 valence electrons. The van der Waals surface area contributed by atoms with E-state index in [4.69, 9.17) is 10.5 Å². The number of carbonyl (C=O) groups excluding carboxylic acids is 5. The van der Waals surface area contributed by atoms with E-state index in [1.54, 1.807) is 12.0 Å². The second kappa shape index (κ2) is 13.0. The molecule has 0 aromatic rings. The van der Waals surface area contributed by atoms with Crippen LogP contribution in [0.3, 0.4) is 0 Å². The minimum atomic E-state index is -1.07. The highest BCUT2D eigenvalue weighted by atomic mass is 16.5. The number of hydrogen-bond donors (Lipinski definition) is 4. The van der Waals surface area contributed by atoms with Crippen LogP contribution >= 0.6 is 0 Å². The summed E-state index contributed by atoms with van der Waals surface area (Å²) in [5, 5.41) is 8.98. The first-order valence-corrected chi connectivity index (χ1v) is 16.5. The number of nitrogens with two attached hydrogens (primary N) is 1. The van der Waals surface area contributed by atoms with Crippen molar-refractivity contribution in [1.29, 1.82) is 0 Å². The van der Waals surface area contributed by atoms with Crippen LogP contribution in [0.2, 0.25) is 0 Å². The van der Waals surface area contributed by atoms with Crippen molar-refractivity contribution in [3.63, 3.8) is 0 Å². The number of hydrogen-bond acceptors (Lipinski definition) is 6. The molecule has 4 rings (SSSR count). The number of Topliss-reactive ketones (excluding diaryl/α,β-unsaturated/α-hetero) is 1.